The third kappa shape index (κ3) is 9.17. The van der Waals surface area contributed by atoms with Gasteiger partial charge in [-0.2, -0.15) is 0 Å². The van der Waals surface area contributed by atoms with E-state index in [9.17, 15) is 4.79 Å². The lowest BCUT2D eigenvalue weighted by atomic mass is 9.98. The molecule has 0 spiro atoms. The molecule has 1 amide bonds. The number of anilines is 1. The Bertz CT molecular complexity index is 1930. The first-order chi connectivity index (χ1) is 28.0. The molecule has 2 fully saturated rings. The first kappa shape index (κ1) is 42.0. The highest BCUT2D eigenvalue weighted by Gasteiger charge is 2.52. The lowest BCUT2D eigenvalue weighted by molar-refractivity contribution is -0.234. The number of aromatic nitrogens is 3. The highest BCUT2D eigenvalue weighted by molar-refractivity contribution is 6.99. The van der Waals surface area contributed by atoms with E-state index >= 15 is 0 Å². The standard InChI is InChI=1S/C47H63N5O5Si/c1-7-47(8-2,56-43-27-15-16-30-54-43)33-55-34-28-29-48-40(31-34)44-50-38-24-17-23-37(38)45(51-44)52(6)32-42(53)49-39-25-18-26-41(39)57-58(46(3,4)5,35-19-11-9-12-20-35)36-21-13-10-14-22-36/h9-14,19-22,28-29,31,39,41,43H,7-8,15-18,23-27,30,32-33H2,1-6H3,(H,49,53)/t39-,41+,43?/m1/s1. The van der Waals surface area contributed by atoms with Crippen molar-refractivity contribution in [3.63, 3.8) is 0 Å². The molecule has 4 aromatic rings. The van der Waals surface area contributed by atoms with Gasteiger partial charge in [0.05, 0.1) is 18.7 Å². The van der Waals surface area contributed by atoms with Gasteiger partial charge >= 0.3 is 0 Å². The summed E-state index contributed by atoms with van der Waals surface area (Å²) >= 11 is 0. The first-order valence-electron chi connectivity index (χ1n) is 21.6. The van der Waals surface area contributed by atoms with Crippen molar-refractivity contribution in [2.45, 2.75) is 134 Å². The minimum Gasteiger partial charge on any atom is -0.490 e. The summed E-state index contributed by atoms with van der Waals surface area (Å²) in [5.41, 5.74) is 2.32. The van der Waals surface area contributed by atoms with Crippen LogP contribution in [0.4, 0.5) is 5.82 Å². The number of benzene rings is 2. The number of likely N-dealkylation sites (N-methyl/N-ethyl adjacent to an activating group) is 1. The molecule has 3 atom stereocenters. The summed E-state index contributed by atoms with van der Waals surface area (Å²) < 4.78 is 26.4. The Labute approximate surface area is 346 Å². The van der Waals surface area contributed by atoms with Gasteiger partial charge in [-0.05, 0) is 92.1 Å². The molecule has 0 bridgehead atoms. The second-order valence-electron chi connectivity index (χ2n) is 17.4. The number of rotatable bonds is 16. The summed E-state index contributed by atoms with van der Waals surface area (Å²) in [6.07, 6.45) is 11.7. The van der Waals surface area contributed by atoms with Gasteiger partial charge in [0.25, 0.3) is 8.32 Å². The molecule has 2 aliphatic carbocycles. The summed E-state index contributed by atoms with van der Waals surface area (Å²) in [4.78, 5) is 30.7. The maximum Gasteiger partial charge on any atom is 0.261 e. The number of carbonyl (C=O) groups is 1. The van der Waals surface area contributed by atoms with Crippen LogP contribution in [0.15, 0.2) is 79.0 Å². The maximum absolute atomic E-state index is 14.0. The van der Waals surface area contributed by atoms with Crippen LogP contribution in [0, 0.1) is 0 Å². The minimum absolute atomic E-state index is 0.0398. The van der Waals surface area contributed by atoms with Crippen LogP contribution >= 0.6 is 0 Å². The van der Waals surface area contributed by atoms with Crippen molar-refractivity contribution < 1.29 is 23.4 Å². The molecule has 58 heavy (non-hydrogen) atoms. The van der Waals surface area contributed by atoms with Crippen LogP contribution in [-0.4, -0.2) is 80.0 Å². The maximum atomic E-state index is 14.0. The van der Waals surface area contributed by atoms with Gasteiger partial charge < -0.3 is 28.9 Å². The molecule has 310 valence electrons. The number of fused-ring (bicyclic) bond motifs is 1. The molecular weight excluding hydrogens is 743 g/mol. The quantitative estimate of drug-likeness (QED) is 0.115. The van der Waals surface area contributed by atoms with Crippen molar-refractivity contribution in [3.8, 4) is 17.3 Å². The van der Waals surface area contributed by atoms with E-state index in [0.717, 1.165) is 94.3 Å². The summed E-state index contributed by atoms with van der Waals surface area (Å²) in [6, 6.07) is 25.2. The molecule has 3 heterocycles. The lowest BCUT2D eigenvalue weighted by Gasteiger charge is -2.45. The van der Waals surface area contributed by atoms with Gasteiger partial charge in [0, 0.05) is 37.2 Å². The molecule has 1 aliphatic heterocycles. The molecule has 2 aromatic carbocycles. The van der Waals surface area contributed by atoms with Crippen LogP contribution in [0.5, 0.6) is 5.75 Å². The van der Waals surface area contributed by atoms with Gasteiger partial charge in [-0.3, -0.25) is 9.78 Å². The molecule has 1 unspecified atom stereocenters. The smallest absolute Gasteiger partial charge is 0.261 e. The van der Waals surface area contributed by atoms with E-state index in [4.69, 9.17) is 28.6 Å². The van der Waals surface area contributed by atoms with Crippen molar-refractivity contribution in [1.29, 1.82) is 0 Å². The van der Waals surface area contributed by atoms with Crippen molar-refractivity contribution in [1.82, 2.24) is 20.3 Å². The fourth-order valence-electron chi connectivity index (χ4n) is 9.11. The van der Waals surface area contributed by atoms with E-state index in [1.165, 1.54) is 10.4 Å². The van der Waals surface area contributed by atoms with Crippen molar-refractivity contribution in [2.75, 3.05) is 31.7 Å². The number of nitrogens with one attached hydrogen (secondary N) is 1. The summed E-state index contributed by atoms with van der Waals surface area (Å²) in [6.45, 7) is 12.5. The Balaban J connectivity index is 1.06. The Kier molecular flexibility index (Phi) is 13.3. The first-order valence-corrected chi connectivity index (χ1v) is 23.5. The van der Waals surface area contributed by atoms with Gasteiger partial charge in [0.15, 0.2) is 12.1 Å². The SMILES string of the molecule is CCC(CC)(COc1ccnc(-c2nc3c(c(N(C)CC(=O)N[C@@H]4CCC[C@@H]4O[Si](c4ccccc4)(c4ccccc4)C(C)(C)C)n2)CCC3)c1)OC1CCCCO1. The average molecular weight is 806 g/mol. The predicted molar refractivity (Wildman–Crippen MR) is 232 cm³/mol. The van der Waals surface area contributed by atoms with E-state index in [-0.39, 0.29) is 35.9 Å². The van der Waals surface area contributed by atoms with E-state index in [1.807, 2.05) is 24.1 Å². The summed E-state index contributed by atoms with van der Waals surface area (Å²) in [5.74, 6) is 1.97. The molecule has 7 rings (SSSR count). The zero-order valence-corrected chi connectivity index (χ0v) is 36.5. The third-order valence-electron chi connectivity index (χ3n) is 12.5. The number of aryl methyl sites for hydroxylation is 1. The molecule has 11 heteroatoms. The molecule has 1 saturated heterocycles. The Morgan fingerprint density at radius 2 is 1.62 bits per heavy atom. The number of amides is 1. The van der Waals surface area contributed by atoms with Crippen LogP contribution in [0.1, 0.15) is 104 Å². The van der Waals surface area contributed by atoms with E-state index < -0.39 is 13.9 Å². The van der Waals surface area contributed by atoms with Crippen LogP contribution in [-0.2, 0) is 31.5 Å². The van der Waals surface area contributed by atoms with Gasteiger partial charge in [0.2, 0.25) is 5.91 Å². The molecule has 2 aromatic heterocycles. The topological polar surface area (TPSA) is 108 Å². The average Bonchev–Trinajstić information content (AvgIpc) is 3.91. The molecule has 10 nitrogen and oxygen atoms in total. The second kappa shape index (κ2) is 18.4. The lowest BCUT2D eigenvalue weighted by Crippen LogP contribution is -2.68. The number of nitrogens with zero attached hydrogens (tertiary/aromatic N) is 4. The van der Waals surface area contributed by atoms with Crippen LogP contribution in [0.25, 0.3) is 11.5 Å². The molecule has 0 radical (unpaired) electrons. The number of hydrogen-bond acceptors (Lipinski definition) is 9. The Hall–Kier alpha value is -4.16. The minimum atomic E-state index is -2.78. The van der Waals surface area contributed by atoms with E-state index in [2.05, 4.69) is 106 Å². The highest BCUT2D eigenvalue weighted by Crippen LogP contribution is 2.40. The van der Waals surface area contributed by atoms with Gasteiger partial charge in [0.1, 0.15) is 29.5 Å². The van der Waals surface area contributed by atoms with Crippen LogP contribution in [0.3, 0.4) is 0 Å². The van der Waals surface area contributed by atoms with Gasteiger partial charge in [-0.25, -0.2) is 9.97 Å². The second-order valence-corrected chi connectivity index (χ2v) is 21.7. The van der Waals surface area contributed by atoms with E-state index in [0.29, 0.717) is 23.9 Å². The van der Waals surface area contributed by atoms with Crippen molar-refractivity contribution in [3.05, 3.63) is 90.3 Å². The molecule has 1 N–H and O–H groups in total. The fourth-order valence-corrected chi connectivity index (χ4v) is 13.9. The number of hydrogen-bond donors (Lipinski definition) is 1. The zero-order chi connectivity index (χ0) is 40.8. The number of carbonyl (C=O) groups excluding carboxylic acids is 1. The fraction of sp³-hybridized carbons (Fsp3) is 0.532. The van der Waals surface area contributed by atoms with Gasteiger partial charge in [-0.15, -0.1) is 0 Å². The molecule has 3 aliphatic rings. The normalized spacial score (nSPS) is 19.8. The van der Waals surface area contributed by atoms with Gasteiger partial charge in [-0.1, -0.05) is 95.3 Å². The van der Waals surface area contributed by atoms with Crippen LogP contribution < -0.4 is 25.3 Å². The highest BCUT2D eigenvalue weighted by atomic mass is 28.4. The Morgan fingerprint density at radius 3 is 2.28 bits per heavy atom. The zero-order valence-electron chi connectivity index (χ0n) is 35.5. The third-order valence-corrected chi connectivity index (χ3v) is 17.5. The molecule has 1 saturated carbocycles. The van der Waals surface area contributed by atoms with Crippen LogP contribution in [0.2, 0.25) is 5.04 Å². The van der Waals surface area contributed by atoms with Crippen molar-refractivity contribution >= 4 is 30.4 Å². The van der Waals surface area contributed by atoms with Crippen molar-refractivity contribution in [2.24, 2.45) is 0 Å². The summed E-state index contributed by atoms with van der Waals surface area (Å²) in [7, 11) is -0.828. The van der Waals surface area contributed by atoms with E-state index in [1.54, 1.807) is 6.20 Å². The molecular formula is C47H63N5O5Si. The number of ether oxygens (including phenoxy) is 3. The monoisotopic (exact) mass is 805 g/mol. The number of pyridine rings is 1. The summed E-state index contributed by atoms with van der Waals surface area (Å²) in [5, 5.41) is 5.77. The largest absolute Gasteiger partial charge is 0.490 e. The Morgan fingerprint density at radius 1 is 0.897 bits per heavy atom. The predicted octanol–water partition coefficient (Wildman–Crippen LogP) is 7.56.